The minimum atomic E-state index is -4.40. The first-order valence-corrected chi connectivity index (χ1v) is 10.7. The quantitative estimate of drug-likeness (QED) is 0.688. The van der Waals surface area contributed by atoms with Crippen LogP contribution in [0.3, 0.4) is 0 Å². The number of alkyl halides is 3. The first kappa shape index (κ1) is 26.0. The standard InChI is InChI=1S/C20H32F3N5O4/c1-14-10-27(15(2)12-29)19(31)5-4-8-28-16(9-24-25-28)13-32-17(14)11-26(3)18(30)6-7-20(21,22)23/h9,14-15,17,29H,4-8,10-13H2,1-3H3/t14-,15+,17-/m0/s1. The molecular weight excluding hydrogens is 431 g/mol. The summed E-state index contributed by atoms with van der Waals surface area (Å²) >= 11 is 0. The van der Waals surface area contributed by atoms with E-state index in [4.69, 9.17) is 4.74 Å². The fourth-order valence-electron chi connectivity index (χ4n) is 3.56. The number of carbonyl (C=O) groups is 2. The molecule has 1 aromatic heterocycles. The Bertz CT molecular complexity index is 758. The highest BCUT2D eigenvalue weighted by molar-refractivity contribution is 5.76. The van der Waals surface area contributed by atoms with Gasteiger partial charge in [-0.25, -0.2) is 4.68 Å². The van der Waals surface area contributed by atoms with Crippen LogP contribution in [-0.4, -0.2) is 86.8 Å². The number of amides is 2. The van der Waals surface area contributed by atoms with Crippen LogP contribution in [0.5, 0.6) is 0 Å². The number of aromatic nitrogens is 3. The number of rotatable bonds is 6. The zero-order valence-electron chi connectivity index (χ0n) is 18.7. The molecule has 0 saturated carbocycles. The van der Waals surface area contributed by atoms with Gasteiger partial charge in [0.25, 0.3) is 0 Å². The summed E-state index contributed by atoms with van der Waals surface area (Å²) in [5.41, 5.74) is 0.710. The van der Waals surface area contributed by atoms with Crippen LogP contribution in [0.15, 0.2) is 6.20 Å². The molecule has 0 aliphatic carbocycles. The van der Waals surface area contributed by atoms with Crippen LogP contribution < -0.4 is 0 Å². The summed E-state index contributed by atoms with van der Waals surface area (Å²) in [7, 11) is 1.44. The molecule has 1 N–H and O–H groups in total. The molecule has 2 heterocycles. The van der Waals surface area contributed by atoms with Gasteiger partial charge < -0.3 is 19.6 Å². The largest absolute Gasteiger partial charge is 0.394 e. The van der Waals surface area contributed by atoms with E-state index in [2.05, 4.69) is 10.3 Å². The van der Waals surface area contributed by atoms with Crippen LogP contribution in [-0.2, 0) is 27.5 Å². The van der Waals surface area contributed by atoms with Crippen LogP contribution in [0.25, 0.3) is 0 Å². The molecule has 0 bridgehead atoms. The highest BCUT2D eigenvalue weighted by atomic mass is 19.4. The zero-order valence-corrected chi connectivity index (χ0v) is 18.7. The van der Waals surface area contributed by atoms with E-state index < -0.39 is 37.1 Å². The molecule has 0 radical (unpaired) electrons. The third-order valence-corrected chi connectivity index (χ3v) is 5.64. The van der Waals surface area contributed by atoms with Gasteiger partial charge >= 0.3 is 6.18 Å². The molecule has 1 aromatic rings. The maximum Gasteiger partial charge on any atom is 0.389 e. The summed E-state index contributed by atoms with van der Waals surface area (Å²) < 4.78 is 45.2. The lowest BCUT2D eigenvalue weighted by atomic mass is 10.0. The molecule has 1 aliphatic rings. The van der Waals surface area contributed by atoms with E-state index in [0.717, 1.165) is 0 Å². The van der Waals surface area contributed by atoms with E-state index in [0.29, 0.717) is 18.7 Å². The van der Waals surface area contributed by atoms with Crippen molar-refractivity contribution in [3.05, 3.63) is 11.9 Å². The Morgan fingerprint density at radius 1 is 1.44 bits per heavy atom. The van der Waals surface area contributed by atoms with Crippen LogP contribution in [0, 0.1) is 5.92 Å². The van der Waals surface area contributed by atoms with Gasteiger partial charge in [-0.1, -0.05) is 12.1 Å². The molecular formula is C20H32F3N5O4. The van der Waals surface area contributed by atoms with Gasteiger partial charge in [-0.15, -0.1) is 5.10 Å². The summed E-state index contributed by atoms with van der Waals surface area (Å²) in [6, 6.07) is -0.401. The number of hydrogen-bond acceptors (Lipinski definition) is 6. The number of halogens is 3. The first-order chi connectivity index (χ1) is 15.0. The highest BCUT2D eigenvalue weighted by Crippen LogP contribution is 2.22. The number of hydrogen-bond donors (Lipinski definition) is 1. The second-order valence-electron chi connectivity index (χ2n) is 8.35. The van der Waals surface area contributed by atoms with Crippen LogP contribution >= 0.6 is 0 Å². The number of fused-ring (bicyclic) bond motifs is 1. The predicted molar refractivity (Wildman–Crippen MR) is 108 cm³/mol. The Morgan fingerprint density at radius 3 is 2.81 bits per heavy atom. The van der Waals surface area contributed by atoms with E-state index in [-0.39, 0.29) is 44.5 Å². The maximum absolute atomic E-state index is 12.8. The lowest BCUT2D eigenvalue weighted by Gasteiger charge is -2.35. The Hall–Kier alpha value is -2.21. The van der Waals surface area contributed by atoms with Crippen molar-refractivity contribution in [3.8, 4) is 0 Å². The second kappa shape index (κ2) is 11.6. The van der Waals surface area contributed by atoms with Crippen molar-refractivity contribution in [1.29, 1.82) is 0 Å². The van der Waals surface area contributed by atoms with Crippen LogP contribution in [0.1, 0.15) is 45.2 Å². The van der Waals surface area contributed by atoms with Gasteiger partial charge in [-0.3, -0.25) is 9.59 Å². The molecule has 1 aliphatic heterocycles. The van der Waals surface area contributed by atoms with Gasteiger partial charge in [0.1, 0.15) is 0 Å². The SMILES string of the molecule is C[C@H](CO)N1C[C@H](C)[C@H](CN(C)C(=O)CCC(F)(F)F)OCc2cnnn2CCCC1=O. The first-order valence-electron chi connectivity index (χ1n) is 10.7. The van der Waals surface area contributed by atoms with Gasteiger partial charge in [0.05, 0.1) is 43.7 Å². The van der Waals surface area contributed by atoms with Gasteiger partial charge in [0.2, 0.25) is 11.8 Å². The topological polar surface area (TPSA) is 101 Å². The highest BCUT2D eigenvalue weighted by Gasteiger charge is 2.31. The number of likely N-dealkylation sites (N-methyl/N-ethyl adjacent to an activating group) is 1. The molecule has 2 rings (SSSR count). The minimum absolute atomic E-state index is 0.0644. The van der Waals surface area contributed by atoms with Crippen molar-refractivity contribution in [2.75, 3.05) is 26.7 Å². The zero-order chi connectivity index (χ0) is 23.9. The van der Waals surface area contributed by atoms with Gasteiger partial charge in [-0.2, -0.15) is 13.2 Å². The van der Waals surface area contributed by atoms with Gasteiger partial charge in [0, 0.05) is 45.4 Å². The fraction of sp³-hybridized carbons (Fsp3) is 0.800. The number of carbonyl (C=O) groups excluding carboxylic acids is 2. The molecule has 0 fully saturated rings. The Labute approximate surface area is 185 Å². The second-order valence-corrected chi connectivity index (χ2v) is 8.35. The normalized spacial score (nSPS) is 22.0. The maximum atomic E-state index is 12.8. The third kappa shape index (κ3) is 7.73. The Morgan fingerprint density at radius 2 is 2.16 bits per heavy atom. The molecule has 182 valence electrons. The monoisotopic (exact) mass is 463 g/mol. The number of nitrogens with zero attached hydrogens (tertiary/aromatic N) is 5. The summed E-state index contributed by atoms with van der Waals surface area (Å²) in [5, 5.41) is 17.5. The summed E-state index contributed by atoms with van der Waals surface area (Å²) in [6.45, 7) is 4.38. The molecule has 0 aromatic carbocycles. The number of aliphatic hydroxyl groups is 1. The van der Waals surface area contributed by atoms with Crippen molar-refractivity contribution in [3.63, 3.8) is 0 Å². The lowest BCUT2D eigenvalue weighted by Crippen LogP contribution is -2.48. The minimum Gasteiger partial charge on any atom is -0.394 e. The summed E-state index contributed by atoms with van der Waals surface area (Å²) in [6.07, 6.45) is -4.38. The van der Waals surface area contributed by atoms with Gasteiger partial charge in [0.15, 0.2) is 0 Å². The molecule has 2 amide bonds. The summed E-state index contributed by atoms with van der Waals surface area (Å²) in [5.74, 6) is -1.00. The lowest BCUT2D eigenvalue weighted by molar-refractivity contribution is -0.150. The van der Waals surface area contributed by atoms with Crippen molar-refractivity contribution in [1.82, 2.24) is 24.8 Å². The molecule has 0 unspecified atom stereocenters. The molecule has 0 saturated heterocycles. The van der Waals surface area contributed by atoms with Gasteiger partial charge in [-0.05, 0) is 13.3 Å². The molecule has 12 heteroatoms. The van der Waals surface area contributed by atoms with E-state index in [1.807, 2.05) is 6.92 Å². The molecule has 9 nitrogen and oxygen atoms in total. The van der Waals surface area contributed by atoms with Crippen LogP contribution in [0.4, 0.5) is 13.2 Å². The smallest absolute Gasteiger partial charge is 0.389 e. The van der Waals surface area contributed by atoms with E-state index in [9.17, 15) is 27.9 Å². The Balaban J connectivity index is 2.18. The third-order valence-electron chi connectivity index (χ3n) is 5.64. The number of ether oxygens (including phenoxy) is 1. The average Bonchev–Trinajstić information content (AvgIpc) is 3.17. The molecule has 32 heavy (non-hydrogen) atoms. The van der Waals surface area contributed by atoms with E-state index >= 15 is 0 Å². The van der Waals surface area contributed by atoms with Crippen molar-refractivity contribution >= 4 is 11.8 Å². The van der Waals surface area contributed by atoms with E-state index in [1.165, 1.54) is 11.9 Å². The molecule has 0 spiro atoms. The number of aryl methyl sites for hydroxylation is 1. The van der Waals surface area contributed by atoms with Crippen LogP contribution in [0.2, 0.25) is 0 Å². The van der Waals surface area contributed by atoms with Crippen molar-refractivity contribution in [2.45, 2.75) is 71.0 Å². The number of aliphatic hydroxyl groups excluding tert-OH is 1. The Kier molecular flexibility index (Phi) is 9.44. The predicted octanol–water partition coefficient (Wildman–Crippen LogP) is 1.60. The van der Waals surface area contributed by atoms with Crippen molar-refractivity contribution in [2.24, 2.45) is 5.92 Å². The molecule has 3 atom stereocenters. The van der Waals surface area contributed by atoms with Crippen molar-refractivity contribution < 1.29 is 32.6 Å². The summed E-state index contributed by atoms with van der Waals surface area (Å²) in [4.78, 5) is 27.8. The van der Waals surface area contributed by atoms with E-state index in [1.54, 1.807) is 22.7 Å². The average molecular weight is 464 g/mol. The fourth-order valence-corrected chi connectivity index (χ4v) is 3.56.